The van der Waals surface area contributed by atoms with E-state index in [1.807, 2.05) is 67.6 Å². The molecule has 5 nitrogen and oxygen atoms in total. The normalized spacial score (nSPS) is 15.7. The molecular weight excluding hydrogens is 326 g/mol. The minimum absolute atomic E-state index is 0.0305. The molecule has 2 heterocycles. The van der Waals surface area contributed by atoms with Gasteiger partial charge in [0.25, 0.3) is 5.91 Å². The number of fused-ring (bicyclic) bond motifs is 1. The molecule has 1 amide bonds. The molecule has 1 aliphatic rings. The first-order valence-corrected chi connectivity index (χ1v) is 8.60. The summed E-state index contributed by atoms with van der Waals surface area (Å²) in [6.07, 6.45) is 3.11. The fraction of sp³-hybridized carbons (Fsp3) is 0.143. The number of carbonyl (C=O) groups is 1. The number of hydrogen-bond acceptors (Lipinski definition) is 4. The van der Waals surface area contributed by atoms with Gasteiger partial charge < -0.3 is 10.1 Å². The molecular formula is C21H19N3O2. The Hall–Kier alpha value is -3.34. The smallest absolute Gasteiger partial charge is 0.260 e. The molecule has 3 aromatic rings. The number of benzene rings is 2. The minimum Gasteiger partial charge on any atom is -0.494 e. The molecule has 130 valence electrons. The second-order valence-electron chi connectivity index (χ2n) is 5.98. The van der Waals surface area contributed by atoms with Crippen LogP contribution in [0.15, 0.2) is 73.1 Å². The Bertz CT molecular complexity index is 910. The monoisotopic (exact) mass is 345 g/mol. The fourth-order valence-corrected chi connectivity index (χ4v) is 3.19. The minimum atomic E-state index is -0.291. The second kappa shape index (κ2) is 6.88. The van der Waals surface area contributed by atoms with Crippen molar-refractivity contribution >= 4 is 17.3 Å². The van der Waals surface area contributed by atoms with E-state index >= 15 is 0 Å². The first-order chi connectivity index (χ1) is 12.8. The summed E-state index contributed by atoms with van der Waals surface area (Å²) in [5.41, 5.74) is 3.34. The van der Waals surface area contributed by atoms with Gasteiger partial charge in [0.2, 0.25) is 0 Å². The number of hydrogen-bond donors (Lipinski definition) is 1. The largest absolute Gasteiger partial charge is 0.494 e. The summed E-state index contributed by atoms with van der Waals surface area (Å²) in [6.45, 7) is 2.59. The van der Waals surface area contributed by atoms with E-state index in [1.165, 1.54) is 0 Å². The molecule has 26 heavy (non-hydrogen) atoms. The topological polar surface area (TPSA) is 54.5 Å². The average Bonchev–Trinajstić information content (AvgIpc) is 2.96. The van der Waals surface area contributed by atoms with Gasteiger partial charge in [-0.05, 0) is 49.4 Å². The highest BCUT2D eigenvalue weighted by Crippen LogP contribution is 2.37. The van der Waals surface area contributed by atoms with E-state index in [4.69, 9.17) is 4.74 Å². The van der Waals surface area contributed by atoms with Crippen LogP contribution in [0.25, 0.3) is 0 Å². The molecule has 1 atom stereocenters. The van der Waals surface area contributed by atoms with Crippen molar-refractivity contribution in [3.05, 3.63) is 84.2 Å². The lowest BCUT2D eigenvalue weighted by Crippen LogP contribution is -2.32. The van der Waals surface area contributed by atoms with Crippen LogP contribution in [0, 0.1) is 0 Å². The second-order valence-corrected chi connectivity index (χ2v) is 5.98. The highest BCUT2D eigenvalue weighted by molar-refractivity contribution is 6.11. The van der Waals surface area contributed by atoms with E-state index < -0.39 is 0 Å². The van der Waals surface area contributed by atoms with Crippen LogP contribution in [0.2, 0.25) is 0 Å². The van der Waals surface area contributed by atoms with E-state index in [9.17, 15) is 4.79 Å². The van der Waals surface area contributed by atoms with Crippen molar-refractivity contribution in [1.82, 2.24) is 4.98 Å². The van der Waals surface area contributed by atoms with Crippen LogP contribution in [0.3, 0.4) is 0 Å². The maximum atomic E-state index is 13.0. The van der Waals surface area contributed by atoms with Gasteiger partial charge in [-0.1, -0.05) is 18.2 Å². The van der Waals surface area contributed by atoms with Crippen LogP contribution >= 0.6 is 0 Å². The zero-order valence-electron chi connectivity index (χ0n) is 14.4. The van der Waals surface area contributed by atoms with E-state index in [-0.39, 0.29) is 12.1 Å². The van der Waals surface area contributed by atoms with Crippen molar-refractivity contribution in [3.63, 3.8) is 0 Å². The SMILES string of the molecule is CCOc1ccc(NC2c3ccccc3C(=O)N2c2cccnc2)cc1. The van der Waals surface area contributed by atoms with E-state index in [2.05, 4.69) is 10.3 Å². The Balaban J connectivity index is 1.69. The van der Waals surface area contributed by atoms with Gasteiger partial charge in [-0.15, -0.1) is 0 Å². The molecule has 4 rings (SSSR count). The molecule has 0 bridgehead atoms. The van der Waals surface area contributed by atoms with Crippen LogP contribution in [0.1, 0.15) is 29.0 Å². The molecule has 5 heteroatoms. The summed E-state index contributed by atoms with van der Waals surface area (Å²) >= 11 is 0. The highest BCUT2D eigenvalue weighted by atomic mass is 16.5. The average molecular weight is 345 g/mol. The molecule has 0 radical (unpaired) electrons. The van der Waals surface area contributed by atoms with Gasteiger partial charge in [-0.3, -0.25) is 14.7 Å². The van der Waals surface area contributed by atoms with E-state index in [0.29, 0.717) is 12.2 Å². The Labute approximate surface area is 152 Å². The van der Waals surface area contributed by atoms with Crippen molar-refractivity contribution in [3.8, 4) is 5.75 Å². The fourth-order valence-electron chi connectivity index (χ4n) is 3.19. The number of pyridine rings is 1. The number of nitrogens with one attached hydrogen (secondary N) is 1. The number of rotatable bonds is 5. The van der Waals surface area contributed by atoms with Crippen molar-refractivity contribution in [2.24, 2.45) is 0 Å². The molecule has 1 aliphatic heterocycles. The summed E-state index contributed by atoms with van der Waals surface area (Å²) in [5, 5.41) is 3.47. The van der Waals surface area contributed by atoms with Gasteiger partial charge in [0.05, 0.1) is 18.5 Å². The van der Waals surface area contributed by atoms with Gasteiger partial charge in [-0.25, -0.2) is 0 Å². The zero-order chi connectivity index (χ0) is 17.9. The third kappa shape index (κ3) is 2.88. The first-order valence-electron chi connectivity index (χ1n) is 8.60. The number of anilines is 2. The molecule has 0 aliphatic carbocycles. The van der Waals surface area contributed by atoms with Crippen LogP contribution in [-0.2, 0) is 0 Å². The lowest BCUT2D eigenvalue weighted by molar-refractivity contribution is 0.0993. The number of ether oxygens (including phenoxy) is 1. The Morgan fingerprint density at radius 3 is 2.62 bits per heavy atom. The standard InChI is InChI=1S/C21H19N3O2/c1-2-26-17-11-9-15(10-12-17)23-20-18-7-3-4-8-19(18)21(25)24(20)16-6-5-13-22-14-16/h3-14,20,23H,2H2,1H3. The third-order valence-electron chi connectivity index (χ3n) is 4.36. The molecule has 2 aromatic carbocycles. The van der Waals surface area contributed by atoms with E-state index in [1.54, 1.807) is 17.3 Å². The summed E-state index contributed by atoms with van der Waals surface area (Å²) in [4.78, 5) is 18.9. The van der Waals surface area contributed by atoms with Crippen LogP contribution in [0.5, 0.6) is 5.75 Å². The quantitative estimate of drug-likeness (QED) is 0.751. The van der Waals surface area contributed by atoms with Gasteiger partial charge in [0, 0.05) is 23.0 Å². The lowest BCUT2D eigenvalue weighted by Gasteiger charge is -2.27. The maximum absolute atomic E-state index is 13.0. The molecule has 0 spiro atoms. The predicted octanol–water partition coefficient (Wildman–Crippen LogP) is 4.25. The predicted molar refractivity (Wildman–Crippen MR) is 101 cm³/mol. The summed E-state index contributed by atoms with van der Waals surface area (Å²) < 4.78 is 5.49. The zero-order valence-corrected chi connectivity index (χ0v) is 14.4. The molecule has 0 saturated carbocycles. The van der Waals surface area contributed by atoms with Crippen LogP contribution in [-0.4, -0.2) is 17.5 Å². The lowest BCUT2D eigenvalue weighted by atomic mass is 10.1. The van der Waals surface area contributed by atoms with Gasteiger partial charge in [0.1, 0.15) is 11.9 Å². The number of nitrogens with zero attached hydrogens (tertiary/aromatic N) is 2. The number of aromatic nitrogens is 1. The highest BCUT2D eigenvalue weighted by Gasteiger charge is 2.37. The summed E-state index contributed by atoms with van der Waals surface area (Å²) in [5.74, 6) is 0.794. The first kappa shape index (κ1) is 16.1. The molecule has 1 N–H and O–H groups in total. The Kier molecular flexibility index (Phi) is 4.27. The molecule has 0 fully saturated rings. The Morgan fingerprint density at radius 2 is 1.88 bits per heavy atom. The third-order valence-corrected chi connectivity index (χ3v) is 4.36. The van der Waals surface area contributed by atoms with E-state index in [0.717, 1.165) is 22.7 Å². The number of carbonyl (C=O) groups excluding carboxylic acids is 1. The van der Waals surface area contributed by atoms with Crippen molar-refractivity contribution in [2.75, 3.05) is 16.8 Å². The Morgan fingerprint density at radius 1 is 1.08 bits per heavy atom. The molecule has 1 aromatic heterocycles. The van der Waals surface area contributed by atoms with Crippen LogP contribution in [0.4, 0.5) is 11.4 Å². The van der Waals surface area contributed by atoms with Gasteiger partial charge in [-0.2, -0.15) is 0 Å². The molecule has 0 saturated heterocycles. The van der Waals surface area contributed by atoms with Gasteiger partial charge in [0.15, 0.2) is 0 Å². The van der Waals surface area contributed by atoms with Crippen molar-refractivity contribution in [1.29, 1.82) is 0 Å². The summed E-state index contributed by atoms with van der Waals surface area (Å²) in [6, 6.07) is 19.2. The van der Waals surface area contributed by atoms with Crippen LogP contribution < -0.4 is 15.0 Å². The van der Waals surface area contributed by atoms with Gasteiger partial charge >= 0.3 is 0 Å². The van der Waals surface area contributed by atoms with Crippen molar-refractivity contribution < 1.29 is 9.53 Å². The van der Waals surface area contributed by atoms with Crippen molar-refractivity contribution in [2.45, 2.75) is 13.1 Å². The molecule has 1 unspecified atom stereocenters. The summed E-state index contributed by atoms with van der Waals surface area (Å²) in [7, 11) is 0. The number of amides is 1. The maximum Gasteiger partial charge on any atom is 0.260 e.